The van der Waals surface area contributed by atoms with Crippen LogP contribution in [0.25, 0.3) is 60.6 Å². The molecule has 3 nitrogen and oxygen atoms in total. The Balaban J connectivity index is 1.38. The SMILES string of the molecule is c1ccc(-c2ccc(N(c3cccc4oc5ccccc5c34)c3cccc4c5ccccc5n(-c5ccccc5)c34)cc2)cc1. The van der Waals surface area contributed by atoms with Gasteiger partial charge in [0, 0.05) is 27.5 Å². The van der Waals surface area contributed by atoms with Crippen LogP contribution >= 0.6 is 0 Å². The molecule has 2 heterocycles. The summed E-state index contributed by atoms with van der Waals surface area (Å²) in [4.78, 5) is 2.40. The van der Waals surface area contributed by atoms with Crippen LogP contribution in [0.2, 0.25) is 0 Å². The molecule has 9 aromatic rings. The first-order chi connectivity index (χ1) is 22.3. The Bertz CT molecular complexity index is 2470. The third-order valence-electron chi connectivity index (χ3n) is 8.78. The molecule has 0 aliphatic rings. The molecule has 0 saturated heterocycles. The summed E-state index contributed by atoms with van der Waals surface area (Å²) in [5, 5.41) is 4.64. The highest BCUT2D eigenvalue weighted by Crippen LogP contribution is 2.47. The number of benzene rings is 7. The molecule has 2 aromatic heterocycles. The molecule has 0 aliphatic heterocycles. The van der Waals surface area contributed by atoms with Gasteiger partial charge in [-0.3, -0.25) is 0 Å². The largest absolute Gasteiger partial charge is 0.456 e. The second kappa shape index (κ2) is 10.3. The molecule has 0 amide bonds. The summed E-state index contributed by atoms with van der Waals surface area (Å²) in [5.74, 6) is 0. The Morgan fingerprint density at radius 1 is 0.422 bits per heavy atom. The van der Waals surface area contributed by atoms with Gasteiger partial charge in [-0.2, -0.15) is 0 Å². The molecule has 0 saturated carbocycles. The van der Waals surface area contributed by atoms with Crippen molar-refractivity contribution < 1.29 is 4.42 Å². The minimum absolute atomic E-state index is 0.871. The van der Waals surface area contributed by atoms with Crippen molar-refractivity contribution in [3.8, 4) is 16.8 Å². The number of hydrogen-bond donors (Lipinski definition) is 0. The maximum Gasteiger partial charge on any atom is 0.137 e. The third-order valence-corrected chi connectivity index (χ3v) is 8.78. The van der Waals surface area contributed by atoms with Gasteiger partial charge in [0.25, 0.3) is 0 Å². The predicted octanol–water partition coefficient (Wildman–Crippen LogP) is 11.8. The van der Waals surface area contributed by atoms with Crippen molar-refractivity contribution in [3.05, 3.63) is 170 Å². The third kappa shape index (κ3) is 4.05. The van der Waals surface area contributed by atoms with Crippen molar-refractivity contribution in [2.24, 2.45) is 0 Å². The molecule has 3 heteroatoms. The lowest BCUT2D eigenvalue weighted by Gasteiger charge is -2.28. The van der Waals surface area contributed by atoms with E-state index in [1.165, 1.54) is 27.4 Å². The van der Waals surface area contributed by atoms with Crippen molar-refractivity contribution >= 4 is 60.8 Å². The first kappa shape index (κ1) is 25.4. The maximum absolute atomic E-state index is 6.39. The smallest absolute Gasteiger partial charge is 0.137 e. The van der Waals surface area contributed by atoms with E-state index in [0.29, 0.717) is 0 Å². The second-order valence-corrected chi connectivity index (χ2v) is 11.4. The van der Waals surface area contributed by atoms with Gasteiger partial charge in [-0.05, 0) is 65.7 Å². The van der Waals surface area contributed by atoms with Gasteiger partial charge >= 0.3 is 0 Å². The van der Waals surface area contributed by atoms with Crippen LogP contribution in [0.3, 0.4) is 0 Å². The molecule has 45 heavy (non-hydrogen) atoms. The second-order valence-electron chi connectivity index (χ2n) is 11.4. The van der Waals surface area contributed by atoms with E-state index in [2.05, 4.69) is 167 Å². The van der Waals surface area contributed by atoms with Crippen LogP contribution in [-0.2, 0) is 0 Å². The van der Waals surface area contributed by atoms with E-state index < -0.39 is 0 Å². The van der Waals surface area contributed by atoms with Gasteiger partial charge in [0.1, 0.15) is 11.2 Å². The summed E-state index contributed by atoms with van der Waals surface area (Å²) in [6.45, 7) is 0. The molecule has 0 N–H and O–H groups in total. The Kier molecular flexibility index (Phi) is 5.82. The summed E-state index contributed by atoms with van der Waals surface area (Å²) in [6, 6.07) is 60.2. The highest BCUT2D eigenvalue weighted by Gasteiger charge is 2.24. The van der Waals surface area contributed by atoms with Gasteiger partial charge in [0.05, 0.1) is 27.8 Å². The standard InChI is InChI=1S/C42H28N2O/c1-3-13-29(14-4-1)30-25-27-32(28-26-30)43(37-21-12-24-40-41(37)35-18-8-10-23-39(35)45-40)38-22-11-19-34-33-17-7-9-20-36(33)44(42(34)38)31-15-5-2-6-16-31/h1-28H. The first-order valence-electron chi connectivity index (χ1n) is 15.3. The van der Waals surface area contributed by atoms with Gasteiger partial charge in [-0.15, -0.1) is 0 Å². The van der Waals surface area contributed by atoms with E-state index in [1.54, 1.807) is 0 Å². The molecule has 0 unspecified atom stereocenters. The number of para-hydroxylation sites is 4. The van der Waals surface area contributed by atoms with Crippen LogP contribution in [0.1, 0.15) is 0 Å². The van der Waals surface area contributed by atoms with E-state index >= 15 is 0 Å². The lowest BCUT2D eigenvalue weighted by Crippen LogP contribution is -2.12. The van der Waals surface area contributed by atoms with E-state index in [4.69, 9.17) is 4.42 Å². The van der Waals surface area contributed by atoms with Gasteiger partial charge in [0.15, 0.2) is 0 Å². The van der Waals surface area contributed by atoms with Crippen LogP contribution in [0, 0.1) is 0 Å². The van der Waals surface area contributed by atoms with Crippen molar-refractivity contribution in [1.29, 1.82) is 0 Å². The number of furan rings is 1. The highest BCUT2D eigenvalue weighted by atomic mass is 16.3. The molecule has 0 fully saturated rings. The van der Waals surface area contributed by atoms with Crippen molar-refractivity contribution in [3.63, 3.8) is 0 Å². The van der Waals surface area contributed by atoms with Crippen molar-refractivity contribution in [2.75, 3.05) is 4.90 Å². The Morgan fingerprint density at radius 2 is 1.02 bits per heavy atom. The molecule has 0 atom stereocenters. The van der Waals surface area contributed by atoms with Gasteiger partial charge in [-0.25, -0.2) is 0 Å². The maximum atomic E-state index is 6.39. The van der Waals surface area contributed by atoms with Crippen LogP contribution in [-0.4, -0.2) is 4.57 Å². The summed E-state index contributed by atoms with van der Waals surface area (Å²) in [6.07, 6.45) is 0. The molecule has 0 radical (unpaired) electrons. The number of nitrogens with zero attached hydrogens (tertiary/aromatic N) is 2. The van der Waals surface area contributed by atoms with E-state index in [1.807, 2.05) is 12.1 Å². The van der Waals surface area contributed by atoms with Crippen LogP contribution < -0.4 is 4.90 Å². The zero-order valence-electron chi connectivity index (χ0n) is 24.5. The normalized spacial score (nSPS) is 11.6. The van der Waals surface area contributed by atoms with Crippen molar-refractivity contribution in [1.82, 2.24) is 4.57 Å². The van der Waals surface area contributed by atoms with E-state index in [-0.39, 0.29) is 0 Å². The predicted molar refractivity (Wildman–Crippen MR) is 188 cm³/mol. The van der Waals surface area contributed by atoms with Gasteiger partial charge in [0.2, 0.25) is 0 Å². The quantitative estimate of drug-likeness (QED) is 0.203. The zero-order valence-corrected chi connectivity index (χ0v) is 24.5. The number of aromatic nitrogens is 1. The summed E-state index contributed by atoms with van der Waals surface area (Å²) >= 11 is 0. The molecule has 0 spiro atoms. The molecule has 0 bridgehead atoms. The van der Waals surface area contributed by atoms with E-state index in [0.717, 1.165) is 50.2 Å². The number of anilines is 3. The van der Waals surface area contributed by atoms with Crippen LogP contribution in [0.5, 0.6) is 0 Å². The summed E-state index contributed by atoms with van der Waals surface area (Å²) in [5.41, 5.74) is 10.8. The molecule has 7 aromatic carbocycles. The summed E-state index contributed by atoms with van der Waals surface area (Å²) < 4.78 is 8.79. The lowest BCUT2D eigenvalue weighted by atomic mass is 10.0. The number of hydrogen-bond acceptors (Lipinski definition) is 2. The van der Waals surface area contributed by atoms with Crippen molar-refractivity contribution in [2.45, 2.75) is 0 Å². The number of fused-ring (bicyclic) bond motifs is 6. The highest BCUT2D eigenvalue weighted by molar-refractivity contribution is 6.17. The Hall–Kier alpha value is -6.06. The minimum Gasteiger partial charge on any atom is -0.456 e. The molecular weight excluding hydrogens is 548 g/mol. The lowest BCUT2D eigenvalue weighted by molar-refractivity contribution is 0.669. The topological polar surface area (TPSA) is 21.3 Å². The van der Waals surface area contributed by atoms with Crippen LogP contribution in [0.15, 0.2) is 174 Å². The molecule has 212 valence electrons. The van der Waals surface area contributed by atoms with Gasteiger partial charge < -0.3 is 13.9 Å². The Morgan fingerprint density at radius 3 is 1.84 bits per heavy atom. The molecule has 0 aliphatic carbocycles. The first-order valence-corrected chi connectivity index (χ1v) is 15.3. The fraction of sp³-hybridized carbons (Fsp3) is 0. The number of rotatable bonds is 5. The van der Waals surface area contributed by atoms with Crippen LogP contribution in [0.4, 0.5) is 17.1 Å². The summed E-state index contributed by atoms with van der Waals surface area (Å²) in [7, 11) is 0. The van der Waals surface area contributed by atoms with E-state index in [9.17, 15) is 0 Å². The average Bonchev–Trinajstić information content (AvgIpc) is 3.66. The average molecular weight is 577 g/mol. The fourth-order valence-electron chi connectivity index (χ4n) is 6.81. The molecular formula is C42H28N2O. The monoisotopic (exact) mass is 576 g/mol. The Labute approximate surface area is 260 Å². The fourth-order valence-corrected chi connectivity index (χ4v) is 6.81. The molecule has 9 rings (SSSR count). The zero-order chi connectivity index (χ0) is 29.7. The van der Waals surface area contributed by atoms with Gasteiger partial charge in [-0.1, -0.05) is 115 Å². The minimum atomic E-state index is 0.871.